The number of hydrogen-bond donors (Lipinski definition) is 3. The zero-order chi connectivity index (χ0) is 17.0. The van der Waals surface area contributed by atoms with Crippen molar-refractivity contribution in [1.82, 2.24) is 10.6 Å². The molecule has 0 bridgehead atoms. The number of benzene rings is 1. The number of amides is 3. The highest BCUT2D eigenvalue weighted by Gasteiger charge is 2.26. The van der Waals surface area contributed by atoms with E-state index >= 15 is 0 Å². The summed E-state index contributed by atoms with van der Waals surface area (Å²) in [5, 5.41) is 7.50. The fourth-order valence-electron chi connectivity index (χ4n) is 2.07. The van der Waals surface area contributed by atoms with Gasteiger partial charge in [0.25, 0.3) is 0 Å². The molecule has 0 saturated carbocycles. The van der Waals surface area contributed by atoms with Gasteiger partial charge in [0, 0.05) is 12.2 Å². The second-order valence-electron chi connectivity index (χ2n) is 4.91. The smallest absolute Gasteiger partial charge is 0.341 e. The first kappa shape index (κ1) is 17.1. The Morgan fingerprint density at radius 2 is 1.91 bits per heavy atom. The lowest BCUT2D eigenvalue weighted by atomic mass is 10.1. The molecule has 1 saturated heterocycles. The number of anilines is 1. The Labute approximate surface area is 131 Å². The van der Waals surface area contributed by atoms with Gasteiger partial charge in [-0.3, -0.25) is 4.79 Å². The average molecular weight is 347 g/mol. The van der Waals surface area contributed by atoms with Crippen molar-refractivity contribution in [3.8, 4) is 0 Å². The van der Waals surface area contributed by atoms with Crippen LogP contribution in [0.1, 0.15) is 12.8 Å². The summed E-state index contributed by atoms with van der Waals surface area (Å²) in [6.07, 6.45) is 1.27. The van der Waals surface area contributed by atoms with Crippen LogP contribution in [-0.2, 0) is 14.6 Å². The number of piperidine rings is 1. The third-order valence-electron chi connectivity index (χ3n) is 3.27. The van der Waals surface area contributed by atoms with E-state index in [-0.39, 0.29) is 11.6 Å². The summed E-state index contributed by atoms with van der Waals surface area (Å²) in [4.78, 5) is 22.7. The Morgan fingerprint density at radius 1 is 1.26 bits per heavy atom. The van der Waals surface area contributed by atoms with Crippen molar-refractivity contribution in [3.63, 3.8) is 0 Å². The Bertz CT molecular complexity index is 692. The molecular formula is C13H15F2N3O4S. The van der Waals surface area contributed by atoms with Crippen LogP contribution in [0.5, 0.6) is 0 Å². The topological polar surface area (TPSA) is 104 Å². The molecule has 1 heterocycles. The summed E-state index contributed by atoms with van der Waals surface area (Å²) in [6, 6.07) is 3.05. The largest absolute Gasteiger partial charge is 0.354 e. The van der Waals surface area contributed by atoms with Crippen molar-refractivity contribution in [1.29, 1.82) is 0 Å². The highest BCUT2D eigenvalue weighted by Crippen LogP contribution is 2.20. The number of halogens is 2. The zero-order valence-electron chi connectivity index (χ0n) is 11.9. The molecule has 0 unspecified atom stereocenters. The lowest BCUT2D eigenvalue weighted by Gasteiger charge is -2.22. The molecule has 2 rings (SSSR count). The SMILES string of the molecule is O=C(Nc1ccc(S(=O)(=O)C(F)F)cc1)N[C@@H]1CCCNC1=O. The highest BCUT2D eigenvalue weighted by atomic mass is 32.2. The Balaban J connectivity index is 1.98. The van der Waals surface area contributed by atoms with Crippen LogP contribution in [-0.4, -0.2) is 38.7 Å². The molecular weight excluding hydrogens is 332 g/mol. The molecule has 3 N–H and O–H groups in total. The molecule has 1 aliphatic rings. The summed E-state index contributed by atoms with van der Waals surface area (Å²) >= 11 is 0. The predicted molar refractivity (Wildman–Crippen MR) is 77.8 cm³/mol. The first-order valence-electron chi connectivity index (χ1n) is 6.78. The number of carbonyl (C=O) groups excluding carboxylic acids is 2. The van der Waals surface area contributed by atoms with Crippen LogP contribution < -0.4 is 16.0 Å². The van der Waals surface area contributed by atoms with Gasteiger partial charge in [-0.15, -0.1) is 0 Å². The number of hydrogen-bond acceptors (Lipinski definition) is 4. The third-order valence-corrected chi connectivity index (χ3v) is 4.66. The first-order valence-corrected chi connectivity index (χ1v) is 8.32. The van der Waals surface area contributed by atoms with E-state index in [4.69, 9.17) is 0 Å². The third kappa shape index (κ3) is 4.15. The number of nitrogens with one attached hydrogen (secondary N) is 3. The summed E-state index contributed by atoms with van der Waals surface area (Å²) in [5.74, 6) is -3.78. The zero-order valence-corrected chi connectivity index (χ0v) is 12.7. The summed E-state index contributed by atoms with van der Waals surface area (Å²) < 4.78 is 47.3. The molecule has 3 amide bonds. The molecule has 7 nitrogen and oxygen atoms in total. The van der Waals surface area contributed by atoms with Gasteiger partial charge in [0.2, 0.25) is 15.7 Å². The van der Waals surface area contributed by atoms with Gasteiger partial charge in [-0.25, -0.2) is 13.2 Å². The van der Waals surface area contributed by atoms with Crippen molar-refractivity contribution in [2.45, 2.75) is 29.5 Å². The van der Waals surface area contributed by atoms with E-state index in [1.807, 2.05) is 0 Å². The van der Waals surface area contributed by atoms with Crippen LogP contribution in [0.4, 0.5) is 19.3 Å². The normalized spacial score (nSPS) is 18.4. The molecule has 0 aliphatic carbocycles. The van der Waals surface area contributed by atoms with E-state index in [1.165, 1.54) is 12.1 Å². The average Bonchev–Trinajstić information content (AvgIpc) is 2.50. The second-order valence-corrected chi connectivity index (χ2v) is 6.83. The highest BCUT2D eigenvalue weighted by molar-refractivity contribution is 7.91. The monoisotopic (exact) mass is 347 g/mol. The van der Waals surface area contributed by atoms with Crippen LogP contribution in [0.15, 0.2) is 29.2 Å². The van der Waals surface area contributed by atoms with Crippen molar-refractivity contribution in [3.05, 3.63) is 24.3 Å². The molecule has 1 aliphatic heterocycles. The molecule has 1 aromatic rings. The molecule has 1 aromatic carbocycles. The van der Waals surface area contributed by atoms with Crippen molar-refractivity contribution >= 4 is 27.5 Å². The molecule has 0 radical (unpaired) electrons. The fraction of sp³-hybridized carbons (Fsp3) is 0.385. The fourth-order valence-corrected chi connectivity index (χ4v) is 2.79. The van der Waals surface area contributed by atoms with Crippen molar-refractivity contribution in [2.24, 2.45) is 0 Å². The lowest BCUT2D eigenvalue weighted by molar-refractivity contribution is -0.124. The number of sulfone groups is 1. The molecule has 1 atom stereocenters. The lowest BCUT2D eigenvalue weighted by Crippen LogP contribution is -2.51. The molecule has 0 aromatic heterocycles. The van der Waals surface area contributed by atoms with Crippen molar-refractivity contribution < 1.29 is 26.8 Å². The van der Waals surface area contributed by atoms with Crippen molar-refractivity contribution in [2.75, 3.05) is 11.9 Å². The minimum absolute atomic E-state index is 0.215. The molecule has 23 heavy (non-hydrogen) atoms. The maximum Gasteiger partial charge on any atom is 0.341 e. The Morgan fingerprint density at radius 3 is 2.48 bits per heavy atom. The maximum absolute atomic E-state index is 12.4. The van der Waals surface area contributed by atoms with Crippen LogP contribution >= 0.6 is 0 Å². The molecule has 1 fully saturated rings. The van der Waals surface area contributed by atoms with E-state index in [2.05, 4.69) is 16.0 Å². The summed E-state index contributed by atoms with van der Waals surface area (Å²) in [6.45, 7) is 0.568. The first-order chi connectivity index (χ1) is 10.8. The molecule has 0 spiro atoms. The minimum Gasteiger partial charge on any atom is -0.354 e. The second kappa shape index (κ2) is 6.90. The quantitative estimate of drug-likeness (QED) is 0.758. The number of urea groups is 1. The van der Waals surface area contributed by atoms with Gasteiger partial charge in [-0.05, 0) is 37.1 Å². The van der Waals surface area contributed by atoms with E-state index in [0.717, 1.165) is 18.6 Å². The van der Waals surface area contributed by atoms with Gasteiger partial charge >= 0.3 is 11.8 Å². The Hall–Kier alpha value is -2.23. The molecule has 10 heteroatoms. The Kier molecular flexibility index (Phi) is 5.14. The van der Waals surface area contributed by atoms with Gasteiger partial charge in [-0.2, -0.15) is 8.78 Å². The standard InChI is InChI=1S/C13H15F2N3O4S/c14-12(15)23(21,22)9-5-3-8(4-6-9)17-13(20)18-10-2-1-7-16-11(10)19/h3-6,10,12H,1-2,7H2,(H,16,19)(H2,17,18,20)/t10-/m1/s1. The summed E-state index contributed by atoms with van der Waals surface area (Å²) in [7, 11) is -4.67. The number of rotatable bonds is 4. The van der Waals surface area contributed by atoms with Crippen LogP contribution in [0, 0.1) is 0 Å². The predicted octanol–water partition coefficient (Wildman–Crippen LogP) is 1.08. The maximum atomic E-state index is 12.4. The van der Waals surface area contributed by atoms with E-state index < -0.39 is 32.6 Å². The van der Waals surface area contributed by atoms with E-state index in [0.29, 0.717) is 13.0 Å². The molecule has 126 valence electrons. The minimum atomic E-state index is -4.67. The summed E-state index contributed by atoms with van der Waals surface area (Å²) in [5.41, 5.74) is 0.215. The van der Waals surface area contributed by atoms with Gasteiger partial charge < -0.3 is 16.0 Å². The number of carbonyl (C=O) groups is 2. The van der Waals surface area contributed by atoms with Crippen LogP contribution in [0.2, 0.25) is 0 Å². The van der Waals surface area contributed by atoms with Gasteiger partial charge in [-0.1, -0.05) is 0 Å². The number of alkyl halides is 2. The van der Waals surface area contributed by atoms with Gasteiger partial charge in [0.1, 0.15) is 6.04 Å². The van der Waals surface area contributed by atoms with Gasteiger partial charge in [0.05, 0.1) is 4.90 Å². The van der Waals surface area contributed by atoms with E-state index in [1.54, 1.807) is 0 Å². The van der Waals surface area contributed by atoms with Gasteiger partial charge in [0.15, 0.2) is 0 Å². The van der Waals surface area contributed by atoms with E-state index in [9.17, 15) is 26.8 Å². The van der Waals surface area contributed by atoms with Crippen LogP contribution in [0.25, 0.3) is 0 Å². The van der Waals surface area contributed by atoms with Crippen LogP contribution in [0.3, 0.4) is 0 Å².